The molecule has 0 heterocycles. The van der Waals surface area contributed by atoms with Crippen molar-refractivity contribution in [1.82, 2.24) is 0 Å². The molecule has 11 heteroatoms. The average Bonchev–Trinajstić information content (AvgIpc) is 2.67. The Bertz CT molecular complexity index is 1030. The Labute approximate surface area is 173 Å². The Hall–Kier alpha value is -4.54. The van der Waals surface area contributed by atoms with Gasteiger partial charge in [0.15, 0.2) is 0 Å². The second-order valence-electron chi connectivity index (χ2n) is 6.18. The van der Waals surface area contributed by atoms with E-state index in [0.717, 1.165) is 24.3 Å². The molecule has 0 aliphatic carbocycles. The predicted molar refractivity (Wildman–Crippen MR) is 99.2 cm³/mol. The molecule has 0 radical (unpaired) electrons. The molecule has 31 heavy (non-hydrogen) atoms. The lowest BCUT2D eigenvalue weighted by molar-refractivity contribution is -0.158. The van der Waals surface area contributed by atoms with Gasteiger partial charge in [-0.25, -0.2) is 19.2 Å². The molecule has 0 aliphatic rings. The molecular weight excluding hydrogens is 416 g/mol. The Morgan fingerprint density at radius 3 is 1.16 bits per heavy atom. The Kier molecular flexibility index (Phi) is 6.83. The van der Waals surface area contributed by atoms with Gasteiger partial charge in [-0.2, -0.15) is 0 Å². The Morgan fingerprint density at radius 2 is 0.871 bits per heavy atom. The van der Waals surface area contributed by atoms with E-state index < -0.39 is 70.9 Å². The van der Waals surface area contributed by atoms with E-state index in [4.69, 9.17) is 20.4 Å². The van der Waals surface area contributed by atoms with Gasteiger partial charge in [0.25, 0.3) is 0 Å². The molecule has 160 valence electrons. The minimum absolute atomic E-state index is 0.0965. The van der Waals surface area contributed by atoms with Crippen LogP contribution in [-0.2, 0) is 27.2 Å². The first kappa shape index (κ1) is 22.7. The molecule has 0 amide bonds. The lowest BCUT2D eigenvalue weighted by Gasteiger charge is -2.07. The number of carboxylic acids is 4. The molecule has 0 aromatic heterocycles. The number of carboxylic acid groups (broad SMARTS) is 4. The number of hydrogen-bond donors (Lipinski definition) is 4. The standard InChI is InChI=1S/C20H14O11/c21-15(7-9-1-3-11(17(23)24)13(5-9)19(27)28)31-16(22)8-10-2-4-12(18(25)26)14(6-10)20(29)30/h1-6H,7-8H2,(H,23,24)(H,25,26)(H,27,28)(H,29,30). The van der Waals surface area contributed by atoms with E-state index in [2.05, 4.69) is 4.74 Å². The third-order valence-corrected chi connectivity index (χ3v) is 4.01. The van der Waals surface area contributed by atoms with Crippen LogP contribution in [0.3, 0.4) is 0 Å². The van der Waals surface area contributed by atoms with Crippen LogP contribution in [0.25, 0.3) is 0 Å². The van der Waals surface area contributed by atoms with E-state index in [9.17, 15) is 28.8 Å². The number of ether oxygens (including phenoxy) is 1. The highest BCUT2D eigenvalue weighted by atomic mass is 16.6. The van der Waals surface area contributed by atoms with Gasteiger partial charge in [-0.05, 0) is 35.4 Å². The van der Waals surface area contributed by atoms with E-state index in [0.29, 0.717) is 0 Å². The summed E-state index contributed by atoms with van der Waals surface area (Å²) in [5.41, 5.74) is -1.83. The fourth-order valence-electron chi connectivity index (χ4n) is 2.66. The summed E-state index contributed by atoms with van der Waals surface area (Å²) in [6.07, 6.45) is -1.05. The van der Waals surface area contributed by atoms with Crippen molar-refractivity contribution in [3.05, 3.63) is 69.8 Å². The van der Waals surface area contributed by atoms with E-state index >= 15 is 0 Å². The molecule has 0 fully saturated rings. The fraction of sp³-hybridized carbons (Fsp3) is 0.100. The zero-order chi connectivity index (χ0) is 23.3. The maximum atomic E-state index is 12.0. The second kappa shape index (κ2) is 9.31. The molecule has 0 spiro atoms. The first-order valence-corrected chi connectivity index (χ1v) is 8.42. The van der Waals surface area contributed by atoms with E-state index in [1.807, 2.05) is 0 Å². The smallest absolute Gasteiger partial charge is 0.336 e. The van der Waals surface area contributed by atoms with Crippen molar-refractivity contribution in [3.63, 3.8) is 0 Å². The van der Waals surface area contributed by atoms with Gasteiger partial charge in [-0.15, -0.1) is 0 Å². The zero-order valence-electron chi connectivity index (χ0n) is 15.5. The van der Waals surface area contributed by atoms with Crippen LogP contribution < -0.4 is 0 Å². The lowest BCUT2D eigenvalue weighted by atomic mass is 10.0. The quantitative estimate of drug-likeness (QED) is 0.349. The highest BCUT2D eigenvalue weighted by Gasteiger charge is 2.20. The molecule has 0 aliphatic heterocycles. The third kappa shape index (κ3) is 5.73. The van der Waals surface area contributed by atoms with Crippen molar-refractivity contribution >= 4 is 35.8 Å². The minimum atomic E-state index is -1.51. The fourth-order valence-corrected chi connectivity index (χ4v) is 2.66. The van der Waals surface area contributed by atoms with Gasteiger partial charge in [-0.1, -0.05) is 12.1 Å². The number of rotatable bonds is 8. The van der Waals surface area contributed by atoms with Crippen LogP contribution in [0.5, 0.6) is 0 Å². The Morgan fingerprint density at radius 1 is 0.548 bits per heavy atom. The summed E-state index contributed by atoms with van der Waals surface area (Å²) < 4.78 is 4.61. The minimum Gasteiger partial charge on any atom is -0.478 e. The number of benzene rings is 2. The third-order valence-electron chi connectivity index (χ3n) is 4.01. The summed E-state index contributed by atoms with van der Waals surface area (Å²) >= 11 is 0. The van der Waals surface area contributed by atoms with Gasteiger partial charge in [0.1, 0.15) is 0 Å². The normalized spacial score (nSPS) is 10.2. The van der Waals surface area contributed by atoms with E-state index in [-0.39, 0.29) is 11.1 Å². The predicted octanol–water partition coefficient (Wildman–Crippen LogP) is 1.33. The van der Waals surface area contributed by atoms with Gasteiger partial charge in [-0.3, -0.25) is 9.59 Å². The monoisotopic (exact) mass is 430 g/mol. The van der Waals surface area contributed by atoms with Crippen molar-refractivity contribution in [2.45, 2.75) is 12.8 Å². The van der Waals surface area contributed by atoms with Crippen molar-refractivity contribution < 1.29 is 53.9 Å². The molecule has 2 aromatic rings. The summed E-state index contributed by atoms with van der Waals surface area (Å²) in [6.45, 7) is 0. The topological polar surface area (TPSA) is 193 Å². The van der Waals surface area contributed by atoms with Gasteiger partial charge in [0, 0.05) is 0 Å². The van der Waals surface area contributed by atoms with E-state index in [1.165, 1.54) is 12.1 Å². The summed E-state index contributed by atoms with van der Waals surface area (Å²) in [6, 6.07) is 6.36. The number of esters is 2. The van der Waals surface area contributed by atoms with Crippen molar-refractivity contribution in [2.75, 3.05) is 0 Å². The van der Waals surface area contributed by atoms with Gasteiger partial charge in [0.2, 0.25) is 0 Å². The maximum absolute atomic E-state index is 12.0. The van der Waals surface area contributed by atoms with Crippen LogP contribution in [-0.4, -0.2) is 56.2 Å². The van der Waals surface area contributed by atoms with Crippen LogP contribution in [0.4, 0.5) is 0 Å². The van der Waals surface area contributed by atoms with Crippen molar-refractivity contribution in [2.24, 2.45) is 0 Å². The number of hydrogen-bond acceptors (Lipinski definition) is 7. The van der Waals surface area contributed by atoms with Crippen molar-refractivity contribution in [1.29, 1.82) is 0 Å². The van der Waals surface area contributed by atoms with Gasteiger partial charge in [0.05, 0.1) is 35.1 Å². The zero-order valence-corrected chi connectivity index (χ0v) is 15.5. The summed E-state index contributed by atoms with van der Waals surface area (Å²) in [7, 11) is 0. The van der Waals surface area contributed by atoms with Gasteiger partial charge >= 0.3 is 35.8 Å². The maximum Gasteiger partial charge on any atom is 0.336 e. The van der Waals surface area contributed by atoms with Crippen molar-refractivity contribution in [3.8, 4) is 0 Å². The first-order valence-electron chi connectivity index (χ1n) is 8.42. The molecule has 0 atom stereocenters. The molecule has 0 unspecified atom stereocenters. The summed E-state index contributed by atoms with van der Waals surface area (Å²) in [4.78, 5) is 68.3. The highest BCUT2D eigenvalue weighted by Crippen LogP contribution is 2.15. The molecule has 0 bridgehead atoms. The van der Waals surface area contributed by atoms with Crippen LogP contribution >= 0.6 is 0 Å². The molecule has 0 saturated heterocycles. The summed E-state index contributed by atoms with van der Waals surface area (Å²) in [5.74, 6) is -8.05. The molecule has 2 rings (SSSR count). The number of carbonyl (C=O) groups excluding carboxylic acids is 2. The molecular formula is C20H14O11. The van der Waals surface area contributed by atoms with Gasteiger partial charge < -0.3 is 25.2 Å². The van der Waals surface area contributed by atoms with E-state index in [1.54, 1.807) is 0 Å². The van der Waals surface area contributed by atoms with Crippen LogP contribution in [0.1, 0.15) is 52.6 Å². The SMILES string of the molecule is O=C(Cc1ccc(C(=O)O)c(C(=O)O)c1)OC(=O)Cc1ccc(C(=O)O)c(C(=O)O)c1. The molecule has 0 saturated carbocycles. The highest BCUT2D eigenvalue weighted by molar-refractivity contribution is 6.03. The molecule has 4 N–H and O–H groups in total. The number of aromatic carboxylic acids is 4. The second-order valence-corrected chi connectivity index (χ2v) is 6.18. The molecule has 11 nitrogen and oxygen atoms in total. The average molecular weight is 430 g/mol. The van der Waals surface area contributed by atoms with Crippen LogP contribution in [0.15, 0.2) is 36.4 Å². The first-order chi connectivity index (χ1) is 14.5. The Balaban J connectivity index is 2.09. The largest absolute Gasteiger partial charge is 0.478 e. The van der Waals surface area contributed by atoms with Crippen LogP contribution in [0.2, 0.25) is 0 Å². The lowest BCUT2D eigenvalue weighted by Crippen LogP contribution is -2.17. The van der Waals surface area contributed by atoms with Crippen LogP contribution in [0, 0.1) is 0 Å². The summed E-state index contributed by atoms with van der Waals surface area (Å²) in [5, 5.41) is 36.1. The molecule has 2 aromatic carbocycles. The number of carbonyl (C=O) groups is 6.